The Morgan fingerprint density at radius 2 is 1.85 bits per heavy atom. The second-order valence-corrected chi connectivity index (χ2v) is 7.27. The van der Waals surface area contributed by atoms with E-state index in [1.807, 2.05) is 12.3 Å². The summed E-state index contributed by atoms with van der Waals surface area (Å²) >= 11 is 1.34. The molecule has 2 nitrogen and oxygen atoms in total. The average Bonchev–Trinajstić information content (AvgIpc) is 3.17. The van der Waals surface area contributed by atoms with Crippen LogP contribution >= 0.6 is 11.3 Å². The van der Waals surface area contributed by atoms with Crippen LogP contribution in [0.3, 0.4) is 0 Å². The number of amides is 1. The van der Waals surface area contributed by atoms with E-state index in [0.717, 1.165) is 43.4 Å². The Kier molecular flexibility index (Phi) is 7.66. The number of rotatable bonds is 8. The van der Waals surface area contributed by atoms with Crippen molar-refractivity contribution in [1.29, 1.82) is 0 Å². The first-order valence-corrected chi connectivity index (χ1v) is 9.95. The predicted octanol–water partition coefficient (Wildman–Crippen LogP) is 6.76. The van der Waals surface area contributed by atoms with E-state index in [1.165, 1.54) is 23.5 Å². The summed E-state index contributed by atoms with van der Waals surface area (Å²) in [4.78, 5) is 13.2. The van der Waals surface area contributed by atoms with Gasteiger partial charge in [0.25, 0.3) is 5.91 Å². The summed E-state index contributed by atoms with van der Waals surface area (Å²) in [7, 11) is 0. The number of unbranched alkanes of at least 4 members (excludes halogenated alkanes) is 1. The highest BCUT2D eigenvalue weighted by molar-refractivity contribution is 7.12. The Balaban J connectivity index is 2.37. The van der Waals surface area contributed by atoms with Gasteiger partial charge in [-0.25, -0.2) is 0 Å². The molecular weight excluding hydrogens is 371 g/mol. The molecule has 0 aliphatic carbocycles. The Labute approximate surface area is 162 Å². The normalized spacial score (nSPS) is 13.4. The lowest BCUT2D eigenvalue weighted by Gasteiger charge is -2.23. The number of thiophene rings is 1. The quantitative estimate of drug-likeness (QED) is 0.491. The zero-order chi connectivity index (χ0) is 19.9. The monoisotopic (exact) mass is 395 g/mol. The van der Waals surface area contributed by atoms with Crippen LogP contribution in [0.4, 0.5) is 13.2 Å². The molecule has 0 bridgehead atoms. The molecular formula is C21H24F3NOS. The number of halogens is 3. The van der Waals surface area contributed by atoms with Gasteiger partial charge in [-0.05, 0) is 47.6 Å². The van der Waals surface area contributed by atoms with Crippen LogP contribution in [-0.2, 0) is 6.18 Å². The van der Waals surface area contributed by atoms with Crippen molar-refractivity contribution in [3.05, 3.63) is 69.4 Å². The molecule has 27 heavy (non-hydrogen) atoms. The fraction of sp³-hybridized carbons (Fsp3) is 0.381. The second kappa shape index (κ2) is 9.74. The molecule has 1 N–H and O–H groups in total. The SMILES string of the molecule is CCC/C=C(\CCC)C(NC(=O)c1cccs1)c1ccc(C(F)(F)F)cc1. The van der Waals surface area contributed by atoms with Crippen molar-refractivity contribution in [3.63, 3.8) is 0 Å². The summed E-state index contributed by atoms with van der Waals surface area (Å²) in [6.07, 6.45) is 1.21. The van der Waals surface area contributed by atoms with E-state index in [0.29, 0.717) is 10.4 Å². The molecule has 0 saturated heterocycles. The topological polar surface area (TPSA) is 29.1 Å². The van der Waals surface area contributed by atoms with Crippen LogP contribution in [0, 0.1) is 0 Å². The molecule has 1 heterocycles. The Hall–Kier alpha value is -2.08. The molecule has 2 aromatic rings. The summed E-state index contributed by atoms with van der Waals surface area (Å²) in [6, 6.07) is 8.15. The zero-order valence-electron chi connectivity index (χ0n) is 15.5. The van der Waals surface area contributed by atoms with Crippen molar-refractivity contribution >= 4 is 17.2 Å². The molecule has 1 aromatic heterocycles. The summed E-state index contributed by atoms with van der Waals surface area (Å²) < 4.78 is 38.6. The highest BCUT2D eigenvalue weighted by atomic mass is 32.1. The van der Waals surface area contributed by atoms with Gasteiger partial charge in [0.1, 0.15) is 0 Å². The van der Waals surface area contributed by atoms with Gasteiger partial charge in [0, 0.05) is 0 Å². The predicted molar refractivity (Wildman–Crippen MR) is 104 cm³/mol. The summed E-state index contributed by atoms with van der Waals surface area (Å²) in [5, 5.41) is 4.83. The van der Waals surface area contributed by atoms with Crippen LogP contribution in [-0.4, -0.2) is 5.91 Å². The van der Waals surface area contributed by atoms with Gasteiger partial charge in [0.2, 0.25) is 0 Å². The Morgan fingerprint density at radius 1 is 1.15 bits per heavy atom. The molecule has 1 unspecified atom stereocenters. The molecule has 6 heteroatoms. The van der Waals surface area contributed by atoms with E-state index < -0.39 is 17.8 Å². The lowest BCUT2D eigenvalue weighted by molar-refractivity contribution is -0.137. The molecule has 0 saturated carbocycles. The maximum Gasteiger partial charge on any atom is 0.416 e. The van der Waals surface area contributed by atoms with Gasteiger partial charge in [-0.1, -0.05) is 51.0 Å². The van der Waals surface area contributed by atoms with Gasteiger partial charge in [0.05, 0.1) is 16.5 Å². The zero-order valence-corrected chi connectivity index (χ0v) is 16.3. The maximum absolute atomic E-state index is 12.9. The number of carbonyl (C=O) groups excluding carboxylic acids is 1. The van der Waals surface area contributed by atoms with Crippen molar-refractivity contribution < 1.29 is 18.0 Å². The van der Waals surface area contributed by atoms with E-state index >= 15 is 0 Å². The standard InChI is InChI=1S/C21H24F3NOS/c1-3-5-8-15(7-4-2)19(25-20(26)18-9-6-14-27-18)16-10-12-17(13-11-16)21(22,23)24/h6,8-14,19H,3-5,7H2,1-2H3,(H,25,26)/b15-8+. The second-order valence-electron chi connectivity index (χ2n) is 6.32. The van der Waals surface area contributed by atoms with Gasteiger partial charge < -0.3 is 5.32 Å². The van der Waals surface area contributed by atoms with Gasteiger partial charge in [-0.2, -0.15) is 13.2 Å². The van der Waals surface area contributed by atoms with Crippen LogP contribution in [0.25, 0.3) is 0 Å². The number of benzene rings is 1. The fourth-order valence-corrected chi connectivity index (χ4v) is 3.47. The first-order chi connectivity index (χ1) is 12.9. The highest BCUT2D eigenvalue weighted by Gasteiger charge is 2.30. The molecule has 146 valence electrons. The van der Waals surface area contributed by atoms with E-state index in [9.17, 15) is 18.0 Å². The average molecular weight is 395 g/mol. The van der Waals surface area contributed by atoms with Gasteiger partial charge in [-0.15, -0.1) is 11.3 Å². The molecule has 2 rings (SSSR count). The Morgan fingerprint density at radius 3 is 2.37 bits per heavy atom. The van der Waals surface area contributed by atoms with Crippen molar-refractivity contribution in [2.45, 2.75) is 51.7 Å². The largest absolute Gasteiger partial charge is 0.416 e. The van der Waals surface area contributed by atoms with Crippen LogP contribution < -0.4 is 5.32 Å². The molecule has 1 atom stereocenters. The third-order valence-corrected chi connectivity index (χ3v) is 5.07. The molecule has 0 radical (unpaired) electrons. The minimum absolute atomic E-state index is 0.214. The lowest BCUT2D eigenvalue weighted by atomic mass is 9.93. The molecule has 0 fully saturated rings. The number of hydrogen-bond acceptors (Lipinski definition) is 2. The van der Waals surface area contributed by atoms with Crippen molar-refractivity contribution in [2.24, 2.45) is 0 Å². The smallest absolute Gasteiger partial charge is 0.341 e. The summed E-state index contributed by atoms with van der Waals surface area (Å²) in [5.74, 6) is -0.214. The van der Waals surface area contributed by atoms with Gasteiger partial charge >= 0.3 is 6.18 Å². The third kappa shape index (κ3) is 5.96. The number of carbonyl (C=O) groups is 1. The molecule has 0 aliphatic rings. The van der Waals surface area contributed by atoms with Gasteiger partial charge in [-0.3, -0.25) is 4.79 Å². The molecule has 0 aliphatic heterocycles. The number of hydrogen-bond donors (Lipinski definition) is 1. The first kappa shape index (κ1) is 21.2. The number of allylic oxidation sites excluding steroid dienone is 1. The molecule has 0 spiro atoms. The lowest BCUT2D eigenvalue weighted by Crippen LogP contribution is -2.29. The number of alkyl halides is 3. The van der Waals surface area contributed by atoms with Crippen LogP contribution in [0.5, 0.6) is 0 Å². The van der Waals surface area contributed by atoms with E-state index in [1.54, 1.807) is 12.1 Å². The molecule has 1 aromatic carbocycles. The van der Waals surface area contributed by atoms with Crippen LogP contribution in [0.15, 0.2) is 53.4 Å². The maximum atomic E-state index is 12.9. The van der Waals surface area contributed by atoms with Crippen molar-refractivity contribution in [2.75, 3.05) is 0 Å². The third-order valence-electron chi connectivity index (χ3n) is 4.20. The minimum atomic E-state index is -4.38. The minimum Gasteiger partial charge on any atom is -0.341 e. The molecule has 1 amide bonds. The van der Waals surface area contributed by atoms with Crippen LogP contribution in [0.1, 0.15) is 66.4 Å². The van der Waals surface area contributed by atoms with E-state index in [-0.39, 0.29) is 5.91 Å². The van der Waals surface area contributed by atoms with Crippen molar-refractivity contribution in [1.82, 2.24) is 5.32 Å². The number of nitrogens with one attached hydrogen (secondary N) is 1. The first-order valence-electron chi connectivity index (χ1n) is 9.07. The summed E-state index contributed by atoms with van der Waals surface area (Å²) in [6.45, 7) is 4.11. The van der Waals surface area contributed by atoms with E-state index in [4.69, 9.17) is 0 Å². The highest BCUT2D eigenvalue weighted by Crippen LogP contribution is 2.32. The Bertz CT molecular complexity index is 749. The van der Waals surface area contributed by atoms with E-state index in [2.05, 4.69) is 18.3 Å². The fourth-order valence-electron chi connectivity index (χ4n) is 2.85. The van der Waals surface area contributed by atoms with Crippen LogP contribution in [0.2, 0.25) is 0 Å². The van der Waals surface area contributed by atoms with Crippen molar-refractivity contribution in [3.8, 4) is 0 Å². The van der Waals surface area contributed by atoms with Gasteiger partial charge in [0.15, 0.2) is 0 Å². The summed E-state index contributed by atoms with van der Waals surface area (Å²) in [5.41, 5.74) is 0.997.